The second kappa shape index (κ2) is 10.5. The highest BCUT2D eigenvalue weighted by molar-refractivity contribution is 6.30. The zero-order valence-electron chi connectivity index (χ0n) is 15.4. The SMILES string of the molecule is CN=C(NCCOCCOC)N1CCN(c2cc(Cl)ccc2C)CC1. The maximum absolute atomic E-state index is 6.15. The summed E-state index contributed by atoms with van der Waals surface area (Å²) in [6.07, 6.45) is 0. The highest BCUT2D eigenvalue weighted by atomic mass is 35.5. The molecule has 0 aromatic heterocycles. The van der Waals surface area contributed by atoms with Gasteiger partial charge >= 0.3 is 0 Å². The summed E-state index contributed by atoms with van der Waals surface area (Å²) < 4.78 is 10.4. The van der Waals surface area contributed by atoms with Gasteiger partial charge in [-0.25, -0.2) is 0 Å². The van der Waals surface area contributed by atoms with Gasteiger partial charge in [-0.15, -0.1) is 0 Å². The Morgan fingerprint density at radius 3 is 2.64 bits per heavy atom. The predicted molar refractivity (Wildman–Crippen MR) is 104 cm³/mol. The maximum atomic E-state index is 6.15. The van der Waals surface area contributed by atoms with Gasteiger partial charge in [-0.1, -0.05) is 17.7 Å². The van der Waals surface area contributed by atoms with Crippen LogP contribution in [0.3, 0.4) is 0 Å². The van der Waals surface area contributed by atoms with Gasteiger partial charge in [0.05, 0.1) is 19.8 Å². The molecule has 0 spiro atoms. The first kappa shape index (κ1) is 19.8. The summed E-state index contributed by atoms with van der Waals surface area (Å²) in [6.45, 7) is 8.51. The summed E-state index contributed by atoms with van der Waals surface area (Å²) >= 11 is 6.15. The molecule has 0 bridgehead atoms. The molecule has 1 aliphatic rings. The van der Waals surface area contributed by atoms with E-state index < -0.39 is 0 Å². The van der Waals surface area contributed by atoms with Crippen LogP contribution >= 0.6 is 11.6 Å². The first-order chi connectivity index (χ1) is 12.2. The number of ether oxygens (including phenoxy) is 2. The number of aryl methyl sites for hydroxylation is 1. The average molecular weight is 369 g/mol. The number of hydrogen-bond acceptors (Lipinski definition) is 4. The smallest absolute Gasteiger partial charge is 0.193 e. The largest absolute Gasteiger partial charge is 0.382 e. The van der Waals surface area contributed by atoms with Crippen molar-refractivity contribution in [1.82, 2.24) is 10.2 Å². The number of guanidine groups is 1. The van der Waals surface area contributed by atoms with E-state index in [2.05, 4.69) is 39.2 Å². The molecule has 0 unspecified atom stereocenters. The molecule has 2 rings (SSSR count). The lowest BCUT2D eigenvalue weighted by molar-refractivity contribution is 0.0731. The summed E-state index contributed by atoms with van der Waals surface area (Å²) in [4.78, 5) is 9.06. The molecule has 140 valence electrons. The molecule has 1 N–H and O–H groups in total. The van der Waals surface area contributed by atoms with Gasteiger partial charge in [0.15, 0.2) is 5.96 Å². The molecule has 1 aromatic carbocycles. The second-order valence-corrected chi connectivity index (χ2v) is 6.42. The number of piperazine rings is 1. The normalized spacial score (nSPS) is 15.6. The number of hydrogen-bond donors (Lipinski definition) is 1. The van der Waals surface area contributed by atoms with Gasteiger partial charge < -0.3 is 24.6 Å². The van der Waals surface area contributed by atoms with E-state index in [-0.39, 0.29) is 0 Å². The number of aliphatic imine (C=N–C) groups is 1. The van der Waals surface area contributed by atoms with Crippen LogP contribution in [0.1, 0.15) is 5.56 Å². The average Bonchev–Trinajstić information content (AvgIpc) is 2.63. The van der Waals surface area contributed by atoms with Crippen molar-refractivity contribution >= 4 is 23.2 Å². The third-order valence-electron chi connectivity index (χ3n) is 4.26. The van der Waals surface area contributed by atoms with Crippen LogP contribution in [0, 0.1) is 6.92 Å². The van der Waals surface area contributed by atoms with Gasteiger partial charge in [-0.3, -0.25) is 4.99 Å². The maximum Gasteiger partial charge on any atom is 0.193 e. The molecule has 1 aliphatic heterocycles. The number of anilines is 1. The van der Waals surface area contributed by atoms with Crippen LogP contribution in [0.2, 0.25) is 5.02 Å². The van der Waals surface area contributed by atoms with Crippen molar-refractivity contribution in [2.45, 2.75) is 6.92 Å². The monoisotopic (exact) mass is 368 g/mol. The topological polar surface area (TPSA) is 49.3 Å². The van der Waals surface area contributed by atoms with Gasteiger partial charge in [0.25, 0.3) is 0 Å². The molecule has 1 saturated heterocycles. The van der Waals surface area contributed by atoms with Crippen molar-refractivity contribution in [1.29, 1.82) is 0 Å². The highest BCUT2D eigenvalue weighted by Crippen LogP contribution is 2.25. The highest BCUT2D eigenvalue weighted by Gasteiger charge is 2.20. The zero-order valence-corrected chi connectivity index (χ0v) is 16.2. The van der Waals surface area contributed by atoms with Crippen molar-refractivity contribution in [3.63, 3.8) is 0 Å². The standard InChI is InChI=1S/C18H29ClN4O2/c1-15-4-5-16(19)14-17(15)22-7-9-23(10-8-22)18(20-2)21-6-11-25-13-12-24-3/h4-5,14H,6-13H2,1-3H3,(H,20,21). The molecule has 0 radical (unpaired) electrons. The fraction of sp³-hybridized carbons (Fsp3) is 0.611. The van der Waals surface area contributed by atoms with E-state index in [1.807, 2.05) is 13.1 Å². The molecule has 1 aromatic rings. The van der Waals surface area contributed by atoms with Gasteiger partial charge in [0.1, 0.15) is 0 Å². The van der Waals surface area contributed by atoms with E-state index >= 15 is 0 Å². The molecular formula is C18H29ClN4O2. The molecule has 0 atom stereocenters. The summed E-state index contributed by atoms with van der Waals surface area (Å²) in [5.74, 6) is 0.929. The third kappa shape index (κ3) is 6.06. The van der Waals surface area contributed by atoms with Gasteiger partial charge in [0.2, 0.25) is 0 Å². The molecule has 0 saturated carbocycles. The molecule has 25 heavy (non-hydrogen) atoms. The van der Waals surface area contributed by atoms with E-state index in [4.69, 9.17) is 21.1 Å². The summed E-state index contributed by atoms with van der Waals surface area (Å²) in [6, 6.07) is 6.07. The molecule has 6 nitrogen and oxygen atoms in total. The Morgan fingerprint density at radius 1 is 1.20 bits per heavy atom. The van der Waals surface area contributed by atoms with Crippen LogP contribution in [0.25, 0.3) is 0 Å². The fourth-order valence-electron chi connectivity index (χ4n) is 2.89. The minimum atomic E-state index is 0.619. The number of benzene rings is 1. The van der Waals surface area contributed by atoms with Crippen LogP contribution in [0.15, 0.2) is 23.2 Å². The number of nitrogens with zero attached hydrogens (tertiary/aromatic N) is 3. The first-order valence-corrected chi connectivity index (χ1v) is 9.07. The van der Waals surface area contributed by atoms with Gasteiger partial charge in [-0.05, 0) is 24.6 Å². The van der Waals surface area contributed by atoms with E-state index in [0.29, 0.717) is 19.8 Å². The lowest BCUT2D eigenvalue weighted by atomic mass is 10.1. The number of rotatable bonds is 7. The Kier molecular flexibility index (Phi) is 8.31. The van der Waals surface area contributed by atoms with Crippen LogP contribution < -0.4 is 10.2 Å². The van der Waals surface area contributed by atoms with Crippen molar-refractivity contribution < 1.29 is 9.47 Å². The van der Waals surface area contributed by atoms with Crippen molar-refractivity contribution in [2.24, 2.45) is 4.99 Å². The number of nitrogens with one attached hydrogen (secondary N) is 1. The van der Waals surface area contributed by atoms with Gasteiger partial charge in [0, 0.05) is 57.6 Å². The molecular weight excluding hydrogens is 340 g/mol. The fourth-order valence-corrected chi connectivity index (χ4v) is 3.06. The van der Waals surface area contributed by atoms with E-state index in [1.54, 1.807) is 7.11 Å². The predicted octanol–water partition coefficient (Wildman–Crippen LogP) is 2.01. The lowest BCUT2D eigenvalue weighted by Gasteiger charge is -2.38. The van der Waals surface area contributed by atoms with Crippen LogP contribution in [-0.2, 0) is 9.47 Å². The van der Waals surface area contributed by atoms with E-state index in [1.165, 1.54) is 11.3 Å². The van der Waals surface area contributed by atoms with Crippen molar-refractivity contribution in [3.05, 3.63) is 28.8 Å². The van der Waals surface area contributed by atoms with Crippen LogP contribution in [-0.4, -0.2) is 77.6 Å². The summed E-state index contributed by atoms with van der Waals surface area (Å²) in [5, 5.41) is 4.15. The molecule has 0 aliphatic carbocycles. The molecule has 1 fully saturated rings. The Balaban J connectivity index is 1.78. The third-order valence-corrected chi connectivity index (χ3v) is 4.50. The Morgan fingerprint density at radius 2 is 1.96 bits per heavy atom. The quantitative estimate of drug-likeness (QED) is 0.453. The molecule has 0 amide bonds. The number of halogens is 1. The Bertz CT molecular complexity index is 560. The first-order valence-electron chi connectivity index (χ1n) is 8.69. The van der Waals surface area contributed by atoms with Crippen LogP contribution in [0.4, 0.5) is 5.69 Å². The Labute approximate surface area is 155 Å². The van der Waals surface area contributed by atoms with Crippen LogP contribution in [0.5, 0.6) is 0 Å². The van der Waals surface area contributed by atoms with Crippen molar-refractivity contribution in [3.8, 4) is 0 Å². The van der Waals surface area contributed by atoms with E-state index in [0.717, 1.165) is 43.7 Å². The van der Waals surface area contributed by atoms with Crippen molar-refractivity contribution in [2.75, 3.05) is 71.6 Å². The Hall–Kier alpha value is -1.50. The summed E-state index contributed by atoms with van der Waals surface area (Å²) in [5.41, 5.74) is 2.48. The molecule has 1 heterocycles. The minimum absolute atomic E-state index is 0.619. The van der Waals surface area contributed by atoms with E-state index in [9.17, 15) is 0 Å². The number of methoxy groups -OCH3 is 1. The van der Waals surface area contributed by atoms with Gasteiger partial charge in [-0.2, -0.15) is 0 Å². The lowest BCUT2D eigenvalue weighted by Crippen LogP contribution is -2.53. The zero-order chi connectivity index (χ0) is 18.1. The summed E-state index contributed by atoms with van der Waals surface area (Å²) in [7, 11) is 3.50. The molecule has 7 heteroatoms. The second-order valence-electron chi connectivity index (χ2n) is 5.98. The minimum Gasteiger partial charge on any atom is -0.382 e.